The Kier molecular flexibility index (Phi) is 49.5. The monoisotopic (exact) mass is 359 g/mol. The van der Waals surface area contributed by atoms with Crippen molar-refractivity contribution in [3.63, 3.8) is 0 Å². The summed E-state index contributed by atoms with van der Waals surface area (Å²) in [5.41, 5.74) is 0. The predicted octanol–water partition coefficient (Wildman–Crippen LogP) is -4.22. The first-order valence-electron chi connectivity index (χ1n) is 0.228. The Bertz CT molecular complexity index is 9.61. The van der Waals surface area contributed by atoms with E-state index in [9.17, 15) is 0 Å². The van der Waals surface area contributed by atoms with E-state index < -0.39 is 0 Å². The van der Waals surface area contributed by atoms with Gasteiger partial charge in [0.15, 0.2) is 0 Å². The number of hydrogen-bond donors (Lipinski definition) is 0. The first-order chi connectivity index (χ1) is 1.41. The van der Waals surface area contributed by atoms with Crippen LogP contribution in [0.3, 0.4) is 0 Å². The minimum Gasteiger partial charge on any atom is 1.00 e. The summed E-state index contributed by atoms with van der Waals surface area (Å²) in [5.74, 6) is 0. The molecular formula is ClCuI2Li. The van der Waals surface area contributed by atoms with E-state index in [-0.39, 0.29) is 31.3 Å². The van der Waals surface area contributed by atoms with Gasteiger partial charge in [-0.25, -0.2) is 0 Å². The van der Waals surface area contributed by atoms with Crippen LogP contribution in [-0.4, -0.2) is 0 Å². The standard InChI is InChI=1S/ClH.Cu.2HI.Li/h1H;;2*1H;/q;+2;;;+1/p-3. The average Bonchev–Trinajstić information content (AvgIpc) is 0.918. The van der Waals surface area contributed by atoms with Crippen molar-refractivity contribution in [3.05, 3.63) is 0 Å². The van der Waals surface area contributed by atoms with Crippen molar-refractivity contribution in [1.82, 2.24) is 0 Å². The molecule has 0 atom stereocenters. The van der Waals surface area contributed by atoms with Crippen molar-refractivity contribution in [1.29, 1.82) is 0 Å². The Hall–Kier alpha value is 2.87. The minimum atomic E-state index is 0. The molecule has 0 N–H and O–H groups in total. The molecule has 0 aromatic rings. The third kappa shape index (κ3) is 19.8. The van der Waals surface area contributed by atoms with Gasteiger partial charge in [-0.1, -0.05) is 0 Å². The summed E-state index contributed by atoms with van der Waals surface area (Å²) in [6.45, 7) is 0. The first kappa shape index (κ1) is 15.7. The van der Waals surface area contributed by atoms with Crippen LogP contribution in [0.25, 0.3) is 0 Å². The predicted molar refractivity (Wildman–Crippen MR) is 28.0 cm³/mol. The molecule has 0 saturated heterocycles. The zero-order valence-corrected chi connectivity index (χ0v) is 8.45. The molecule has 0 bridgehead atoms. The van der Waals surface area contributed by atoms with Crippen molar-refractivity contribution in [2.24, 2.45) is 0 Å². The van der Waals surface area contributed by atoms with Crippen molar-refractivity contribution in [2.75, 3.05) is 0 Å². The van der Waals surface area contributed by atoms with Gasteiger partial charge in [-0.3, -0.25) is 0 Å². The van der Waals surface area contributed by atoms with Crippen LogP contribution in [-0.2, 0) is 8.46 Å². The fraction of sp³-hybridized carbons (Fsp3) is 0. The van der Waals surface area contributed by atoms with Gasteiger partial charge in [-0.05, 0) is 0 Å². The molecular weight excluding hydrogens is 360 g/mol. The van der Waals surface area contributed by atoms with Gasteiger partial charge in [0.2, 0.25) is 0 Å². The van der Waals surface area contributed by atoms with Crippen molar-refractivity contribution < 1.29 is 39.7 Å². The van der Waals surface area contributed by atoms with E-state index in [4.69, 9.17) is 0 Å². The zero-order valence-electron chi connectivity index (χ0n) is 2.44. The van der Waals surface area contributed by atoms with Gasteiger partial charge in [0.05, 0.1) is 0 Å². The van der Waals surface area contributed by atoms with Crippen LogP contribution in [0.5, 0.6) is 0 Å². The van der Waals surface area contributed by atoms with Crippen molar-refractivity contribution >= 4 is 40.7 Å². The fourth-order valence-electron chi connectivity index (χ4n) is 0. The summed E-state index contributed by atoms with van der Waals surface area (Å²) in [6.07, 6.45) is 0. The maximum Gasteiger partial charge on any atom is 1.00 e. The molecule has 0 nitrogen and oxygen atoms in total. The maximum atomic E-state index is 2.18. The third-order valence-corrected chi connectivity index (χ3v) is 0. The molecule has 5 heavy (non-hydrogen) atoms. The number of hydrogen-bond acceptors (Lipinski definition) is 0. The van der Waals surface area contributed by atoms with Crippen LogP contribution in [0, 0.1) is 0 Å². The summed E-state index contributed by atoms with van der Waals surface area (Å²) >= 11 is 4.36. The average molecular weight is 360 g/mol. The van der Waals surface area contributed by atoms with Crippen LogP contribution in [0.15, 0.2) is 0 Å². The van der Waals surface area contributed by atoms with Gasteiger partial charge in [0, 0.05) is 0 Å². The second-order valence-electron chi connectivity index (χ2n) is 0.0431. The van der Waals surface area contributed by atoms with E-state index in [2.05, 4.69) is 40.7 Å². The summed E-state index contributed by atoms with van der Waals surface area (Å²) in [7, 11) is 1.75. The smallest absolute Gasteiger partial charge is 1.00 e. The van der Waals surface area contributed by atoms with Crippen LogP contribution in [0.1, 0.15) is 0 Å². The van der Waals surface area contributed by atoms with Gasteiger partial charge >= 0.3 is 68.0 Å². The molecule has 0 spiro atoms. The summed E-state index contributed by atoms with van der Waals surface area (Å²) in [6, 6.07) is 0. The Morgan fingerprint density at radius 2 is 1.20 bits per heavy atom. The van der Waals surface area contributed by atoms with Gasteiger partial charge in [0.25, 0.3) is 0 Å². The fourth-order valence-corrected chi connectivity index (χ4v) is 0. The van der Waals surface area contributed by atoms with Crippen LogP contribution >= 0.6 is 40.7 Å². The minimum absolute atomic E-state index is 0. The van der Waals surface area contributed by atoms with E-state index in [0.29, 0.717) is 0 Å². The molecule has 0 radical (unpaired) electrons. The molecule has 0 aliphatic heterocycles. The molecule has 0 heterocycles. The summed E-state index contributed by atoms with van der Waals surface area (Å²) in [4.78, 5) is 0. The maximum absolute atomic E-state index is 2.18. The molecule has 0 aromatic carbocycles. The quantitative estimate of drug-likeness (QED) is 0.304. The molecule has 0 aromatic heterocycles. The normalized spacial score (nSPS) is 4.40. The second kappa shape index (κ2) is 15.8. The molecule has 33 valence electrons. The molecule has 0 aliphatic carbocycles. The second-order valence-corrected chi connectivity index (χ2v) is 7.99. The number of rotatable bonds is 0. The molecule has 5 heteroatoms. The molecule has 0 amide bonds. The zero-order chi connectivity index (χ0) is 2.71. The van der Waals surface area contributed by atoms with Crippen LogP contribution < -0.4 is 31.3 Å². The molecule has 0 unspecified atom stereocenters. The van der Waals surface area contributed by atoms with Crippen molar-refractivity contribution in [3.8, 4) is 0 Å². The summed E-state index contributed by atoms with van der Waals surface area (Å²) in [5, 5.41) is 0. The van der Waals surface area contributed by atoms with E-state index in [1.165, 1.54) is 0 Å². The summed E-state index contributed by atoms with van der Waals surface area (Å²) < 4.78 is 0. The van der Waals surface area contributed by atoms with Gasteiger partial charge in [-0.15, -0.1) is 0 Å². The largest absolute Gasteiger partial charge is 1.00 e. The van der Waals surface area contributed by atoms with Gasteiger partial charge in [-0.2, -0.15) is 0 Å². The molecule has 0 fully saturated rings. The Balaban J connectivity index is -0.0000000200. The van der Waals surface area contributed by atoms with Gasteiger partial charge < -0.3 is 12.4 Å². The van der Waals surface area contributed by atoms with E-state index in [0.717, 1.165) is 0 Å². The van der Waals surface area contributed by atoms with Crippen LogP contribution in [0.2, 0.25) is 0 Å². The first-order valence-corrected chi connectivity index (χ1v) is 6.30. The van der Waals surface area contributed by atoms with Crippen LogP contribution in [0.4, 0.5) is 0 Å². The van der Waals surface area contributed by atoms with Crippen molar-refractivity contribution in [2.45, 2.75) is 0 Å². The Morgan fingerprint density at radius 1 is 1.20 bits per heavy atom. The van der Waals surface area contributed by atoms with E-state index in [1.54, 1.807) is 8.46 Å². The molecule has 0 saturated carbocycles. The Morgan fingerprint density at radius 3 is 1.20 bits per heavy atom. The van der Waals surface area contributed by atoms with E-state index >= 15 is 0 Å². The third-order valence-electron chi connectivity index (χ3n) is 0. The SMILES string of the molecule is [Cl-].[I][Cu][I].[Li+]. The number of halogens is 3. The van der Waals surface area contributed by atoms with Gasteiger partial charge in [0.1, 0.15) is 0 Å². The Labute approximate surface area is 78.8 Å². The topological polar surface area (TPSA) is 0 Å². The molecule has 0 rings (SSSR count). The molecule has 0 aliphatic rings. The van der Waals surface area contributed by atoms with E-state index in [1.807, 2.05) is 0 Å².